The van der Waals surface area contributed by atoms with E-state index in [4.69, 9.17) is 0 Å². The van der Waals surface area contributed by atoms with Crippen LogP contribution in [0.4, 0.5) is 0 Å². The zero-order chi connectivity index (χ0) is 12.3. The van der Waals surface area contributed by atoms with Gasteiger partial charge in [-0.2, -0.15) is 0 Å². The average Bonchev–Trinajstić information content (AvgIpc) is 2.40. The van der Waals surface area contributed by atoms with Gasteiger partial charge in [-0.05, 0) is 12.5 Å². The molecule has 0 bridgehead atoms. The zero-order valence-electron chi connectivity index (χ0n) is 9.34. The summed E-state index contributed by atoms with van der Waals surface area (Å²) in [7, 11) is 0. The van der Waals surface area contributed by atoms with Crippen LogP contribution in [0, 0.1) is 6.92 Å². The molecule has 0 saturated heterocycles. The van der Waals surface area contributed by atoms with Gasteiger partial charge in [0.25, 0.3) is 0 Å². The van der Waals surface area contributed by atoms with Crippen LogP contribution in [0.15, 0.2) is 60.7 Å². The summed E-state index contributed by atoms with van der Waals surface area (Å²) >= 11 is 0. The number of hydrogen-bond donors (Lipinski definition) is 1. The van der Waals surface area contributed by atoms with Crippen LogP contribution < -0.4 is 0 Å². The van der Waals surface area contributed by atoms with E-state index in [1.165, 1.54) is 0 Å². The lowest BCUT2D eigenvalue weighted by molar-refractivity contribution is 0.0506. The lowest BCUT2D eigenvalue weighted by Gasteiger charge is -2.22. The first-order chi connectivity index (χ1) is 8.12. The molecule has 2 heteroatoms. The van der Waals surface area contributed by atoms with Crippen molar-refractivity contribution >= 4 is 5.78 Å². The topological polar surface area (TPSA) is 37.3 Å². The van der Waals surface area contributed by atoms with E-state index in [1.807, 2.05) is 12.1 Å². The number of ketones is 1. The Morgan fingerprint density at radius 3 is 1.94 bits per heavy atom. The molecule has 1 N–H and O–H groups in total. The highest BCUT2D eigenvalue weighted by molar-refractivity contribution is 6.03. The number of benzene rings is 2. The van der Waals surface area contributed by atoms with E-state index >= 15 is 0 Å². The van der Waals surface area contributed by atoms with Gasteiger partial charge in [0.2, 0.25) is 0 Å². The molecule has 0 fully saturated rings. The minimum Gasteiger partial charge on any atom is -0.377 e. The molecule has 0 spiro atoms. The van der Waals surface area contributed by atoms with Gasteiger partial charge in [0.05, 0.1) is 0 Å². The quantitative estimate of drug-likeness (QED) is 0.815. The number of carbonyl (C=O) groups is 1. The third kappa shape index (κ3) is 2.27. The zero-order valence-corrected chi connectivity index (χ0v) is 9.34. The first kappa shape index (κ1) is 11.6. The maximum atomic E-state index is 12.2. The summed E-state index contributed by atoms with van der Waals surface area (Å²) in [6.07, 6.45) is 0. The number of aliphatic hydroxyl groups is 1. The normalized spacial score (nSPS) is 14.0. The van der Waals surface area contributed by atoms with Gasteiger partial charge in [-0.3, -0.25) is 4.79 Å². The molecular weight excluding hydrogens is 212 g/mol. The minimum absolute atomic E-state index is 0.399. The van der Waals surface area contributed by atoms with Crippen LogP contribution in [-0.2, 0) is 5.60 Å². The second-order valence-electron chi connectivity index (χ2n) is 3.92. The van der Waals surface area contributed by atoms with Crippen molar-refractivity contribution in [1.29, 1.82) is 0 Å². The molecular formula is C15H13O2. The Morgan fingerprint density at radius 2 is 1.41 bits per heavy atom. The maximum absolute atomic E-state index is 12.2. The minimum atomic E-state index is -1.73. The summed E-state index contributed by atoms with van der Waals surface area (Å²) in [5.74, 6) is -0.399. The van der Waals surface area contributed by atoms with Crippen LogP contribution in [0.1, 0.15) is 15.9 Å². The highest BCUT2D eigenvalue weighted by atomic mass is 16.3. The molecule has 2 aromatic carbocycles. The SMILES string of the molecule is [CH2]C(O)(C(=O)c1ccccc1)c1ccccc1. The fourth-order valence-electron chi connectivity index (χ4n) is 1.67. The molecule has 1 radical (unpaired) electrons. The van der Waals surface area contributed by atoms with Crippen molar-refractivity contribution < 1.29 is 9.90 Å². The standard InChI is InChI=1S/C15H13O2/c1-15(17,13-10-6-3-7-11-13)14(16)12-8-4-2-5-9-12/h2-11,17H,1H2. The largest absolute Gasteiger partial charge is 0.377 e. The van der Waals surface area contributed by atoms with Crippen molar-refractivity contribution in [2.45, 2.75) is 5.60 Å². The predicted molar refractivity (Wildman–Crippen MR) is 66.5 cm³/mol. The summed E-state index contributed by atoms with van der Waals surface area (Å²) in [4.78, 5) is 12.2. The van der Waals surface area contributed by atoms with E-state index in [2.05, 4.69) is 6.92 Å². The molecule has 0 aliphatic carbocycles. The number of Topliss-reactive ketones (excluding diaryl/α,β-unsaturated/α-hetero) is 1. The van der Waals surface area contributed by atoms with Crippen LogP contribution in [0.25, 0.3) is 0 Å². The molecule has 1 unspecified atom stereocenters. The van der Waals surface area contributed by atoms with E-state index in [9.17, 15) is 9.90 Å². The van der Waals surface area contributed by atoms with E-state index in [1.54, 1.807) is 48.5 Å². The first-order valence-corrected chi connectivity index (χ1v) is 5.35. The Balaban J connectivity index is 2.37. The second-order valence-corrected chi connectivity index (χ2v) is 3.92. The molecule has 0 aromatic heterocycles. The van der Waals surface area contributed by atoms with E-state index in [0.717, 1.165) is 0 Å². The van der Waals surface area contributed by atoms with Crippen LogP contribution >= 0.6 is 0 Å². The van der Waals surface area contributed by atoms with Crippen LogP contribution in [-0.4, -0.2) is 10.9 Å². The smallest absolute Gasteiger partial charge is 0.198 e. The molecule has 17 heavy (non-hydrogen) atoms. The van der Waals surface area contributed by atoms with Crippen molar-refractivity contribution in [3.63, 3.8) is 0 Å². The highest BCUT2D eigenvalue weighted by Gasteiger charge is 2.32. The Bertz CT molecular complexity index is 501. The molecule has 85 valence electrons. The Labute approximate surface area is 101 Å². The van der Waals surface area contributed by atoms with Gasteiger partial charge in [-0.1, -0.05) is 60.7 Å². The van der Waals surface area contributed by atoms with E-state index in [0.29, 0.717) is 11.1 Å². The van der Waals surface area contributed by atoms with Crippen LogP contribution in [0.3, 0.4) is 0 Å². The number of rotatable bonds is 3. The monoisotopic (exact) mass is 225 g/mol. The fourth-order valence-corrected chi connectivity index (χ4v) is 1.67. The summed E-state index contributed by atoms with van der Waals surface area (Å²) in [5, 5.41) is 10.2. The van der Waals surface area contributed by atoms with Crippen LogP contribution in [0.2, 0.25) is 0 Å². The molecule has 0 aliphatic heterocycles. The summed E-state index contributed by atoms with van der Waals surface area (Å²) < 4.78 is 0. The molecule has 0 heterocycles. The number of hydrogen-bond acceptors (Lipinski definition) is 2. The first-order valence-electron chi connectivity index (χ1n) is 5.35. The molecule has 0 amide bonds. The molecule has 1 atom stereocenters. The molecule has 2 aromatic rings. The molecule has 2 rings (SSSR count). The van der Waals surface area contributed by atoms with Crippen LogP contribution in [0.5, 0.6) is 0 Å². The molecule has 0 aliphatic rings. The average molecular weight is 225 g/mol. The van der Waals surface area contributed by atoms with Crippen molar-refractivity contribution in [3.05, 3.63) is 78.7 Å². The lowest BCUT2D eigenvalue weighted by atomic mass is 9.88. The predicted octanol–water partition coefficient (Wildman–Crippen LogP) is 2.59. The van der Waals surface area contributed by atoms with Gasteiger partial charge >= 0.3 is 0 Å². The van der Waals surface area contributed by atoms with Crippen molar-refractivity contribution in [3.8, 4) is 0 Å². The van der Waals surface area contributed by atoms with Crippen molar-refractivity contribution in [1.82, 2.24) is 0 Å². The van der Waals surface area contributed by atoms with E-state index < -0.39 is 11.4 Å². The maximum Gasteiger partial charge on any atom is 0.198 e. The summed E-state index contributed by atoms with van der Waals surface area (Å²) in [5.41, 5.74) is -0.787. The highest BCUT2D eigenvalue weighted by Crippen LogP contribution is 2.24. The summed E-state index contributed by atoms with van der Waals surface area (Å²) in [6.45, 7) is 3.62. The van der Waals surface area contributed by atoms with Crippen molar-refractivity contribution in [2.75, 3.05) is 0 Å². The fraction of sp³-hybridized carbons (Fsp3) is 0.0667. The van der Waals surface area contributed by atoms with Gasteiger partial charge in [-0.15, -0.1) is 0 Å². The summed E-state index contributed by atoms with van der Waals surface area (Å²) in [6, 6.07) is 17.4. The Hall–Kier alpha value is -1.93. The third-order valence-electron chi connectivity index (χ3n) is 2.66. The Morgan fingerprint density at radius 1 is 0.941 bits per heavy atom. The van der Waals surface area contributed by atoms with Crippen molar-refractivity contribution in [2.24, 2.45) is 0 Å². The van der Waals surface area contributed by atoms with Gasteiger partial charge in [0.15, 0.2) is 11.4 Å². The van der Waals surface area contributed by atoms with Gasteiger partial charge in [0, 0.05) is 5.56 Å². The second kappa shape index (κ2) is 4.52. The Kier molecular flexibility index (Phi) is 3.07. The van der Waals surface area contributed by atoms with E-state index in [-0.39, 0.29) is 0 Å². The van der Waals surface area contributed by atoms with Gasteiger partial charge < -0.3 is 5.11 Å². The third-order valence-corrected chi connectivity index (χ3v) is 2.66. The lowest BCUT2D eigenvalue weighted by Crippen LogP contribution is -2.32. The molecule has 0 saturated carbocycles. The van der Waals surface area contributed by atoms with Gasteiger partial charge in [0.1, 0.15) is 0 Å². The number of carbonyl (C=O) groups excluding carboxylic acids is 1. The van der Waals surface area contributed by atoms with Gasteiger partial charge in [-0.25, -0.2) is 0 Å². The molecule has 2 nitrogen and oxygen atoms in total.